The van der Waals surface area contributed by atoms with Crippen LogP contribution in [0.25, 0.3) is 0 Å². The number of rotatable bonds is 3. The summed E-state index contributed by atoms with van der Waals surface area (Å²) in [4.78, 5) is 5.14. The smallest absolute Gasteiger partial charge is 0.0508 e. The molecule has 0 aromatic heterocycles. The third-order valence-electron chi connectivity index (χ3n) is 3.54. The lowest BCUT2D eigenvalue weighted by Crippen LogP contribution is -2.43. The molecule has 1 aliphatic heterocycles. The van der Waals surface area contributed by atoms with Gasteiger partial charge in [0.25, 0.3) is 0 Å². The predicted octanol–water partition coefficient (Wildman–Crippen LogP) is 3.98. The van der Waals surface area contributed by atoms with Gasteiger partial charge < -0.3 is 10.2 Å². The van der Waals surface area contributed by atoms with Crippen molar-refractivity contribution < 1.29 is 0 Å². The van der Waals surface area contributed by atoms with E-state index < -0.39 is 0 Å². The second-order valence-corrected chi connectivity index (χ2v) is 6.24. The zero-order chi connectivity index (χ0) is 13.8. The van der Waals surface area contributed by atoms with Gasteiger partial charge in [-0.3, -0.25) is 0 Å². The number of nitrogens with zero attached hydrogens (tertiary/aromatic N) is 1. The second kappa shape index (κ2) is 7.74. The highest BCUT2D eigenvalue weighted by Crippen LogP contribution is 2.35. The molecular formula is C17H21ClN2S. The maximum atomic E-state index is 3.41. The lowest BCUT2D eigenvalue weighted by molar-refractivity contribution is 0.587. The second-order valence-electron chi connectivity index (χ2n) is 5.12. The molecule has 0 atom stereocenters. The molecule has 21 heavy (non-hydrogen) atoms. The minimum atomic E-state index is 0. The first-order valence-corrected chi connectivity index (χ1v) is 7.94. The lowest BCUT2D eigenvalue weighted by Gasteiger charge is -2.31. The molecule has 2 nitrogen and oxygen atoms in total. The molecule has 2 aromatic carbocycles. The Bertz CT molecular complexity index is 583. The van der Waals surface area contributed by atoms with Gasteiger partial charge in [-0.2, -0.15) is 0 Å². The maximum Gasteiger partial charge on any atom is 0.0508 e. The van der Waals surface area contributed by atoms with Crippen LogP contribution in [0.15, 0.2) is 58.3 Å². The van der Waals surface area contributed by atoms with Gasteiger partial charge in [0.05, 0.1) is 5.69 Å². The van der Waals surface area contributed by atoms with Gasteiger partial charge in [-0.05, 0) is 31.2 Å². The largest absolute Gasteiger partial charge is 0.368 e. The molecule has 1 fully saturated rings. The molecule has 0 amide bonds. The zero-order valence-electron chi connectivity index (χ0n) is 12.2. The van der Waals surface area contributed by atoms with Crippen LogP contribution >= 0.6 is 24.2 Å². The Hall–Kier alpha value is -1.16. The molecule has 0 saturated carbocycles. The van der Waals surface area contributed by atoms with Crippen molar-refractivity contribution in [2.45, 2.75) is 16.7 Å². The number of halogens is 1. The fraction of sp³-hybridized carbons (Fsp3) is 0.294. The summed E-state index contributed by atoms with van der Waals surface area (Å²) in [7, 11) is 0. The van der Waals surface area contributed by atoms with Crippen molar-refractivity contribution in [3.63, 3.8) is 0 Å². The highest BCUT2D eigenvalue weighted by molar-refractivity contribution is 7.99. The van der Waals surface area contributed by atoms with Gasteiger partial charge in [-0.15, -0.1) is 12.4 Å². The Kier molecular flexibility index (Phi) is 5.97. The normalized spacial score (nSPS) is 14.6. The molecule has 0 bridgehead atoms. The monoisotopic (exact) mass is 320 g/mol. The molecule has 3 rings (SSSR count). The van der Waals surface area contributed by atoms with Crippen molar-refractivity contribution in [2.24, 2.45) is 0 Å². The molecule has 2 aromatic rings. The van der Waals surface area contributed by atoms with Crippen molar-refractivity contribution in [1.29, 1.82) is 0 Å². The minimum absolute atomic E-state index is 0. The standard InChI is InChI=1S/C17H20N2S.ClH/c1-14-5-4-6-15(13-14)20-17-8-3-2-7-16(17)19-11-9-18-10-12-19;/h2-8,13,18H,9-12H2,1H3;1H. The number of aryl methyl sites for hydroxylation is 1. The third-order valence-corrected chi connectivity index (χ3v) is 4.60. The molecule has 4 heteroatoms. The summed E-state index contributed by atoms with van der Waals surface area (Å²) in [5, 5.41) is 3.41. The highest BCUT2D eigenvalue weighted by atomic mass is 35.5. The first-order chi connectivity index (χ1) is 9.83. The van der Waals surface area contributed by atoms with E-state index in [1.165, 1.54) is 21.0 Å². The van der Waals surface area contributed by atoms with Crippen LogP contribution in [-0.4, -0.2) is 26.2 Å². The van der Waals surface area contributed by atoms with Crippen LogP contribution in [0.4, 0.5) is 5.69 Å². The average Bonchev–Trinajstić information content (AvgIpc) is 2.49. The first-order valence-electron chi connectivity index (χ1n) is 7.12. The number of piperazine rings is 1. The summed E-state index contributed by atoms with van der Waals surface area (Å²) in [6, 6.07) is 17.4. The van der Waals surface area contributed by atoms with Crippen LogP contribution in [0.5, 0.6) is 0 Å². The average molecular weight is 321 g/mol. The van der Waals surface area contributed by atoms with Gasteiger partial charge in [0.1, 0.15) is 0 Å². The lowest BCUT2D eigenvalue weighted by atomic mass is 10.2. The molecule has 0 radical (unpaired) electrons. The van der Waals surface area contributed by atoms with Crippen molar-refractivity contribution in [3.05, 3.63) is 54.1 Å². The van der Waals surface area contributed by atoms with Crippen LogP contribution in [0.2, 0.25) is 0 Å². The Morgan fingerprint density at radius 2 is 1.76 bits per heavy atom. The van der Waals surface area contributed by atoms with E-state index in [1.807, 2.05) is 11.8 Å². The van der Waals surface area contributed by atoms with Gasteiger partial charge in [-0.1, -0.05) is 41.6 Å². The molecule has 0 aliphatic carbocycles. The minimum Gasteiger partial charge on any atom is -0.368 e. The molecule has 0 unspecified atom stereocenters. The summed E-state index contributed by atoms with van der Waals surface area (Å²) >= 11 is 1.86. The molecule has 0 spiro atoms. The SMILES string of the molecule is Cc1cccc(Sc2ccccc2N2CCNCC2)c1.Cl. The Labute approximate surface area is 137 Å². The van der Waals surface area contributed by atoms with Crippen molar-refractivity contribution >= 4 is 29.9 Å². The van der Waals surface area contributed by atoms with Crippen LogP contribution in [0.1, 0.15) is 5.56 Å². The summed E-state index contributed by atoms with van der Waals surface area (Å²) in [6.07, 6.45) is 0. The van der Waals surface area contributed by atoms with Crippen LogP contribution < -0.4 is 10.2 Å². The molecule has 1 N–H and O–H groups in total. The number of hydrogen-bond acceptors (Lipinski definition) is 3. The quantitative estimate of drug-likeness (QED) is 0.921. The molecule has 1 aliphatic rings. The number of benzene rings is 2. The number of nitrogens with one attached hydrogen (secondary N) is 1. The van der Waals surface area contributed by atoms with Gasteiger partial charge in [0.15, 0.2) is 0 Å². The van der Waals surface area contributed by atoms with E-state index in [9.17, 15) is 0 Å². The van der Waals surface area contributed by atoms with E-state index in [-0.39, 0.29) is 12.4 Å². The summed E-state index contributed by atoms with van der Waals surface area (Å²) < 4.78 is 0. The van der Waals surface area contributed by atoms with Gasteiger partial charge in [0, 0.05) is 36.0 Å². The Morgan fingerprint density at radius 1 is 1.00 bits per heavy atom. The molecular weight excluding hydrogens is 300 g/mol. The molecule has 112 valence electrons. The highest BCUT2D eigenvalue weighted by Gasteiger charge is 2.14. The zero-order valence-corrected chi connectivity index (χ0v) is 13.8. The summed E-state index contributed by atoms with van der Waals surface area (Å²) in [5.41, 5.74) is 2.68. The van der Waals surface area contributed by atoms with Gasteiger partial charge >= 0.3 is 0 Å². The Balaban J connectivity index is 0.00000161. The van der Waals surface area contributed by atoms with E-state index in [2.05, 4.69) is 65.7 Å². The maximum absolute atomic E-state index is 3.41. The summed E-state index contributed by atoms with van der Waals surface area (Å²) in [5.74, 6) is 0. The number of para-hydroxylation sites is 1. The van der Waals surface area contributed by atoms with Crippen LogP contribution in [0, 0.1) is 6.92 Å². The van der Waals surface area contributed by atoms with Crippen molar-refractivity contribution in [1.82, 2.24) is 5.32 Å². The van der Waals surface area contributed by atoms with Gasteiger partial charge in [0.2, 0.25) is 0 Å². The van der Waals surface area contributed by atoms with E-state index in [4.69, 9.17) is 0 Å². The van der Waals surface area contributed by atoms with Crippen molar-refractivity contribution in [2.75, 3.05) is 31.1 Å². The topological polar surface area (TPSA) is 15.3 Å². The van der Waals surface area contributed by atoms with Crippen molar-refractivity contribution in [3.8, 4) is 0 Å². The molecule has 1 saturated heterocycles. The van der Waals surface area contributed by atoms with E-state index in [0.717, 1.165) is 26.2 Å². The third kappa shape index (κ3) is 4.16. The van der Waals surface area contributed by atoms with Crippen LogP contribution in [-0.2, 0) is 0 Å². The summed E-state index contributed by atoms with van der Waals surface area (Å²) in [6.45, 7) is 6.47. The fourth-order valence-electron chi connectivity index (χ4n) is 2.52. The van der Waals surface area contributed by atoms with E-state index in [0.29, 0.717) is 0 Å². The fourth-order valence-corrected chi connectivity index (χ4v) is 3.61. The van der Waals surface area contributed by atoms with Crippen LogP contribution in [0.3, 0.4) is 0 Å². The van der Waals surface area contributed by atoms with E-state index in [1.54, 1.807) is 0 Å². The van der Waals surface area contributed by atoms with E-state index >= 15 is 0 Å². The predicted molar refractivity (Wildman–Crippen MR) is 94.1 cm³/mol. The number of anilines is 1. The van der Waals surface area contributed by atoms with Gasteiger partial charge in [-0.25, -0.2) is 0 Å². The Morgan fingerprint density at radius 3 is 2.52 bits per heavy atom. The first kappa shape index (κ1) is 16.2. The molecule has 1 heterocycles. The number of hydrogen-bond donors (Lipinski definition) is 1.